The van der Waals surface area contributed by atoms with Gasteiger partial charge in [-0.2, -0.15) is 4.31 Å². The fraction of sp³-hybridized carbons (Fsp3) is 0.409. The molecule has 30 heavy (non-hydrogen) atoms. The van der Waals surface area contributed by atoms with Gasteiger partial charge in [0.2, 0.25) is 15.9 Å². The molecular weight excluding hydrogens is 404 g/mol. The van der Waals surface area contributed by atoms with Crippen molar-refractivity contribution in [3.8, 4) is 11.5 Å². The SMILES string of the molecule is CC[C@H]1CN(S(=O)(=O)c2ccc(OC)cc2)CC[C@H]1CC(=O)Nc1cccc(O)c1. The van der Waals surface area contributed by atoms with Crippen LogP contribution in [-0.2, 0) is 14.8 Å². The highest BCUT2D eigenvalue weighted by Gasteiger charge is 2.35. The van der Waals surface area contributed by atoms with E-state index in [1.807, 2.05) is 6.92 Å². The number of amides is 1. The summed E-state index contributed by atoms with van der Waals surface area (Å²) < 4.78 is 32.7. The van der Waals surface area contributed by atoms with Gasteiger partial charge in [0.05, 0.1) is 12.0 Å². The number of anilines is 1. The fourth-order valence-electron chi connectivity index (χ4n) is 3.93. The summed E-state index contributed by atoms with van der Waals surface area (Å²) in [5, 5.41) is 12.3. The summed E-state index contributed by atoms with van der Waals surface area (Å²) in [7, 11) is -2.05. The van der Waals surface area contributed by atoms with Crippen molar-refractivity contribution in [3.63, 3.8) is 0 Å². The summed E-state index contributed by atoms with van der Waals surface area (Å²) in [6, 6.07) is 12.8. The lowest BCUT2D eigenvalue weighted by molar-refractivity contribution is -0.117. The molecule has 2 N–H and O–H groups in total. The number of nitrogens with one attached hydrogen (secondary N) is 1. The number of phenols is 1. The van der Waals surface area contributed by atoms with Gasteiger partial charge in [0.25, 0.3) is 0 Å². The molecule has 1 aliphatic heterocycles. The highest BCUT2D eigenvalue weighted by Crippen LogP contribution is 2.32. The standard InChI is InChI=1S/C22H28N2O5S/c1-3-16-15-24(30(27,28)21-9-7-20(29-2)8-10-21)12-11-17(16)13-22(26)23-18-5-4-6-19(25)14-18/h4-10,14,16-17,25H,3,11-13,15H2,1-2H3,(H,23,26)/t16-,17-/m0/s1. The Morgan fingerprint density at radius 3 is 2.57 bits per heavy atom. The third kappa shape index (κ3) is 5.12. The molecule has 8 heteroatoms. The van der Waals surface area contributed by atoms with E-state index in [0.717, 1.165) is 6.42 Å². The van der Waals surface area contributed by atoms with Crippen molar-refractivity contribution in [1.82, 2.24) is 4.31 Å². The van der Waals surface area contributed by atoms with E-state index in [4.69, 9.17) is 4.74 Å². The van der Waals surface area contributed by atoms with Crippen LogP contribution < -0.4 is 10.1 Å². The summed E-state index contributed by atoms with van der Waals surface area (Å²) in [5.41, 5.74) is 0.549. The summed E-state index contributed by atoms with van der Waals surface area (Å²) in [6.07, 6.45) is 1.74. The number of carbonyl (C=O) groups excluding carboxylic acids is 1. The molecule has 0 bridgehead atoms. The number of phenolic OH excluding ortho intramolecular Hbond substituents is 1. The van der Waals surface area contributed by atoms with Crippen molar-refractivity contribution in [2.75, 3.05) is 25.5 Å². The zero-order valence-electron chi connectivity index (χ0n) is 17.2. The second-order valence-electron chi connectivity index (χ2n) is 7.56. The Morgan fingerprint density at radius 2 is 1.93 bits per heavy atom. The molecule has 0 unspecified atom stereocenters. The minimum Gasteiger partial charge on any atom is -0.508 e. The Labute approximate surface area is 177 Å². The molecule has 1 fully saturated rings. The van der Waals surface area contributed by atoms with Crippen LogP contribution in [0, 0.1) is 11.8 Å². The molecule has 0 saturated carbocycles. The molecule has 1 heterocycles. The molecule has 0 spiro atoms. The van der Waals surface area contributed by atoms with E-state index in [1.54, 1.807) is 42.5 Å². The van der Waals surface area contributed by atoms with Gasteiger partial charge in [-0.15, -0.1) is 0 Å². The van der Waals surface area contributed by atoms with Crippen LogP contribution in [0.3, 0.4) is 0 Å². The van der Waals surface area contributed by atoms with Crippen molar-refractivity contribution in [2.45, 2.75) is 31.1 Å². The molecule has 162 valence electrons. The maximum Gasteiger partial charge on any atom is 0.243 e. The molecule has 2 aromatic carbocycles. The van der Waals surface area contributed by atoms with E-state index >= 15 is 0 Å². The van der Waals surface area contributed by atoms with Crippen LogP contribution in [0.4, 0.5) is 5.69 Å². The van der Waals surface area contributed by atoms with E-state index < -0.39 is 10.0 Å². The second-order valence-corrected chi connectivity index (χ2v) is 9.50. The fourth-order valence-corrected chi connectivity index (χ4v) is 5.44. The van der Waals surface area contributed by atoms with Gasteiger partial charge in [-0.1, -0.05) is 19.4 Å². The van der Waals surface area contributed by atoms with Crippen LogP contribution in [0.15, 0.2) is 53.4 Å². The average molecular weight is 433 g/mol. The number of aromatic hydroxyl groups is 1. The lowest BCUT2D eigenvalue weighted by Crippen LogP contribution is -2.44. The monoisotopic (exact) mass is 432 g/mol. The molecule has 2 atom stereocenters. The molecule has 7 nitrogen and oxygen atoms in total. The number of rotatable bonds is 7. The van der Waals surface area contributed by atoms with Gasteiger partial charge in [0.15, 0.2) is 0 Å². The van der Waals surface area contributed by atoms with Crippen molar-refractivity contribution in [3.05, 3.63) is 48.5 Å². The molecule has 2 aromatic rings. The number of methoxy groups -OCH3 is 1. The zero-order valence-corrected chi connectivity index (χ0v) is 18.1. The van der Waals surface area contributed by atoms with Crippen molar-refractivity contribution < 1.29 is 23.1 Å². The molecule has 1 aliphatic rings. The normalized spacial score (nSPS) is 19.9. The first-order valence-corrected chi connectivity index (χ1v) is 11.5. The number of ether oxygens (including phenoxy) is 1. The highest BCUT2D eigenvalue weighted by molar-refractivity contribution is 7.89. The second kappa shape index (κ2) is 9.49. The summed E-state index contributed by atoms with van der Waals surface area (Å²) in [5.74, 6) is 0.778. The number of carbonyl (C=O) groups is 1. The zero-order chi connectivity index (χ0) is 21.7. The van der Waals surface area contributed by atoms with Gasteiger partial charge in [-0.25, -0.2) is 8.42 Å². The van der Waals surface area contributed by atoms with Gasteiger partial charge in [0.1, 0.15) is 11.5 Å². The topological polar surface area (TPSA) is 95.9 Å². The summed E-state index contributed by atoms with van der Waals surface area (Å²) >= 11 is 0. The van der Waals surface area contributed by atoms with Gasteiger partial charge in [0, 0.05) is 31.3 Å². The van der Waals surface area contributed by atoms with Crippen LogP contribution in [0.1, 0.15) is 26.2 Å². The van der Waals surface area contributed by atoms with E-state index in [0.29, 0.717) is 37.4 Å². The number of nitrogens with zero attached hydrogens (tertiary/aromatic N) is 1. The minimum absolute atomic E-state index is 0.0938. The third-order valence-corrected chi connectivity index (χ3v) is 7.53. The Balaban J connectivity index is 1.64. The Hall–Kier alpha value is -2.58. The van der Waals surface area contributed by atoms with Crippen LogP contribution in [0.25, 0.3) is 0 Å². The van der Waals surface area contributed by atoms with E-state index in [2.05, 4.69) is 5.32 Å². The van der Waals surface area contributed by atoms with Gasteiger partial charge < -0.3 is 15.2 Å². The molecule has 0 aromatic heterocycles. The first-order chi connectivity index (χ1) is 14.3. The summed E-state index contributed by atoms with van der Waals surface area (Å²) in [4.78, 5) is 12.7. The van der Waals surface area contributed by atoms with Crippen molar-refractivity contribution in [1.29, 1.82) is 0 Å². The maximum absolute atomic E-state index is 13.0. The van der Waals surface area contributed by atoms with Crippen LogP contribution in [0.5, 0.6) is 11.5 Å². The highest BCUT2D eigenvalue weighted by atomic mass is 32.2. The number of sulfonamides is 1. The molecule has 0 radical (unpaired) electrons. The van der Waals surface area contributed by atoms with E-state index in [1.165, 1.54) is 17.5 Å². The molecule has 1 saturated heterocycles. The van der Waals surface area contributed by atoms with Crippen LogP contribution in [0.2, 0.25) is 0 Å². The maximum atomic E-state index is 13.0. The third-order valence-electron chi connectivity index (χ3n) is 5.65. The lowest BCUT2D eigenvalue weighted by atomic mass is 9.82. The minimum atomic E-state index is -3.59. The Kier molecular flexibility index (Phi) is 6.99. The molecule has 3 rings (SSSR count). The first-order valence-electron chi connectivity index (χ1n) is 10.1. The van der Waals surface area contributed by atoms with Crippen LogP contribution >= 0.6 is 0 Å². The number of benzene rings is 2. The first kappa shape index (κ1) is 22.1. The predicted octanol–water partition coefficient (Wildman–Crippen LogP) is 3.47. The number of hydrogen-bond donors (Lipinski definition) is 2. The van der Waals surface area contributed by atoms with Gasteiger partial charge >= 0.3 is 0 Å². The molecule has 1 amide bonds. The lowest BCUT2D eigenvalue weighted by Gasteiger charge is -2.37. The quantitative estimate of drug-likeness (QED) is 0.698. The molecule has 0 aliphatic carbocycles. The van der Waals surface area contributed by atoms with Crippen molar-refractivity contribution in [2.24, 2.45) is 11.8 Å². The van der Waals surface area contributed by atoms with Crippen molar-refractivity contribution >= 4 is 21.6 Å². The van der Waals surface area contributed by atoms with Gasteiger partial charge in [-0.3, -0.25) is 4.79 Å². The average Bonchev–Trinajstić information content (AvgIpc) is 2.74. The number of piperidine rings is 1. The van der Waals surface area contributed by atoms with E-state index in [-0.39, 0.29) is 28.4 Å². The van der Waals surface area contributed by atoms with Gasteiger partial charge in [-0.05, 0) is 54.7 Å². The summed E-state index contributed by atoms with van der Waals surface area (Å²) in [6.45, 7) is 2.80. The van der Waals surface area contributed by atoms with E-state index in [9.17, 15) is 18.3 Å². The Bertz CT molecular complexity index is 975. The largest absolute Gasteiger partial charge is 0.508 e. The Morgan fingerprint density at radius 1 is 1.20 bits per heavy atom. The number of hydrogen-bond acceptors (Lipinski definition) is 5. The predicted molar refractivity (Wildman–Crippen MR) is 115 cm³/mol. The smallest absolute Gasteiger partial charge is 0.243 e. The van der Waals surface area contributed by atoms with Crippen LogP contribution in [-0.4, -0.2) is 43.9 Å². The molecular formula is C22H28N2O5S.